The van der Waals surface area contributed by atoms with Crippen molar-refractivity contribution in [2.45, 2.75) is 32.4 Å². The highest BCUT2D eigenvalue weighted by Crippen LogP contribution is 2.31. The summed E-state index contributed by atoms with van der Waals surface area (Å²) in [6, 6.07) is 24.3. The molecule has 198 valence electrons. The van der Waals surface area contributed by atoms with Gasteiger partial charge in [-0.15, -0.1) is 0 Å². The number of hydrogen-bond donors (Lipinski definition) is 2. The molecule has 5 rings (SSSR count). The van der Waals surface area contributed by atoms with Crippen LogP contribution in [-0.4, -0.2) is 18.4 Å². The van der Waals surface area contributed by atoms with Crippen LogP contribution in [0, 0.1) is 11.6 Å². The third kappa shape index (κ3) is 5.67. The van der Waals surface area contributed by atoms with Crippen LogP contribution in [-0.2, 0) is 13.0 Å². The Labute approximate surface area is 226 Å². The highest BCUT2D eigenvalue weighted by atomic mass is 19.2. The van der Waals surface area contributed by atoms with Crippen LogP contribution in [0.4, 0.5) is 14.5 Å². The summed E-state index contributed by atoms with van der Waals surface area (Å²) in [4.78, 5) is 27.0. The molecule has 0 saturated heterocycles. The second-order valence-corrected chi connectivity index (χ2v) is 9.84. The number of nitrogens with two attached hydrogens (primary N) is 1. The predicted molar refractivity (Wildman–Crippen MR) is 148 cm³/mol. The Morgan fingerprint density at radius 1 is 0.949 bits per heavy atom. The standard InChI is InChI=1S/C32H29F2N3O2/c1-20(23-12-14-28(33)29(34)18-23)36-32(39)25-13-15-30-24(17-25)5-4-16-37(30)19-21-8-10-22(11-9-21)26-6-2-3-7-27(26)31(35)38/h2-3,6-15,17-18,20H,4-5,16,19H2,1H3,(H2,35,38)(H,36,39). The molecule has 0 spiro atoms. The molecule has 0 bridgehead atoms. The Morgan fingerprint density at radius 2 is 1.72 bits per heavy atom. The lowest BCUT2D eigenvalue weighted by Gasteiger charge is -2.32. The van der Waals surface area contributed by atoms with Crippen LogP contribution in [0.3, 0.4) is 0 Å². The number of carbonyl (C=O) groups is 2. The number of hydrogen-bond acceptors (Lipinski definition) is 3. The van der Waals surface area contributed by atoms with Crippen LogP contribution < -0.4 is 16.0 Å². The summed E-state index contributed by atoms with van der Waals surface area (Å²) in [5, 5.41) is 2.88. The maximum atomic E-state index is 13.6. The van der Waals surface area contributed by atoms with E-state index in [1.165, 1.54) is 6.07 Å². The monoisotopic (exact) mass is 525 g/mol. The first kappa shape index (κ1) is 26.1. The van der Waals surface area contributed by atoms with Crippen molar-refractivity contribution in [2.24, 2.45) is 5.73 Å². The van der Waals surface area contributed by atoms with Gasteiger partial charge in [0.1, 0.15) is 0 Å². The van der Waals surface area contributed by atoms with Crippen molar-refractivity contribution in [3.63, 3.8) is 0 Å². The number of aryl methyl sites for hydroxylation is 1. The van der Waals surface area contributed by atoms with Crippen molar-refractivity contribution in [1.82, 2.24) is 5.32 Å². The summed E-state index contributed by atoms with van der Waals surface area (Å²) in [5.74, 6) is -2.57. The van der Waals surface area contributed by atoms with Crippen molar-refractivity contribution in [1.29, 1.82) is 0 Å². The summed E-state index contributed by atoms with van der Waals surface area (Å²) in [7, 11) is 0. The highest BCUT2D eigenvalue weighted by Gasteiger charge is 2.20. The van der Waals surface area contributed by atoms with Gasteiger partial charge in [-0.1, -0.05) is 48.5 Å². The number of halogens is 2. The molecule has 0 fully saturated rings. The van der Waals surface area contributed by atoms with E-state index in [4.69, 9.17) is 5.73 Å². The molecule has 2 amide bonds. The van der Waals surface area contributed by atoms with Gasteiger partial charge in [-0.2, -0.15) is 0 Å². The lowest BCUT2D eigenvalue weighted by atomic mass is 9.96. The van der Waals surface area contributed by atoms with Gasteiger partial charge >= 0.3 is 0 Å². The number of benzene rings is 4. The zero-order chi connectivity index (χ0) is 27.5. The summed E-state index contributed by atoms with van der Waals surface area (Å²) < 4.78 is 26.9. The Balaban J connectivity index is 1.29. The number of fused-ring (bicyclic) bond motifs is 1. The molecule has 0 radical (unpaired) electrons. The first-order chi connectivity index (χ1) is 18.8. The van der Waals surface area contributed by atoms with Crippen LogP contribution >= 0.6 is 0 Å². The van der Waals surface area contributed by atoms with E-state index in [9.17, 15) is 18.4 Å². The molecular formula is C32H29F2N3O2. The average molecular weight is 526 g/mol. The van der Waals surface area contributed by atoms with Gasteiger partial charge in [-0.05, 0) is 84.0 Å². The molecule has 3 N–H and O–H groups in total. The van der Waals surface area contributed by atoms with Gasteiger partial charge < -0.3 is 16.0 Å². The SMILES string of the molecule is CC(NC(=O)c1ccc2c(c1)CCCN2Cc1ccc(-c2ccccc2C(N)=O)cc1)c1ccc(F)c(F)c1. The van der Waals surface area contributed by atoms with E-state index in [-0.39, 0.29) is 5.91 Å². The smallest absolute Gasteiger partial charge is 0.251 e. The van der Waals surface area contributed by atoms with Gasteiger partial charge in [0.15, 0.2) is 11.6 Å². The summed E-state index contributed by atoms with van der Waals surface area (Å²) in [6.45, 7) is 3.35. The van der Waals surface area contributed by atoms with E-state index in [1.54, 1.807) is 25.1 Å². The van der Waals surface area contributed by atoms with Crippen molar-refractivity contribution >= 4 is 17.5 Å². The summed E-state index contributed by atoms with van der Waals surface area (Å²) in [6.07, 6.45) is 1.84. The first-order valence-electron chi connectivity index (χ1n) is 12.9. The van der Waals surface area contributed by atoms with Crippen LogP contribution in [0.5, 0.6) is 0 Å². The van der Waals surface area contributed by atoms with Crippen LogP contribution in [0.25, 0.3) is 11.1 Å². The van der Waals surface area contributed by atoms with Crippen molar-refractivity contribution in [3.05, 3.63) is 124 Å². The lowest BCUT2D eigenvalue weighted by molar-refractivity contribution is 0.0938. The molecule has 1 unspecified atom stereocenters. The summed E-state index contributed by atoms with van der Waals surface area (Å²) in [5.41, 5.74) is 12.1. The number of nitrogens with zero attached hydrogens (tertiary/aromatic N) is 1. The van der Waals surface area contributed by atoms with E-state index >= 15 is 0 Å². The molecular weight excluding hydrogens is 496 g/mol. The van der Waals surface area contributed by atoms with Gasteiger partial charge in [0.2, 0.25) is 5.91 Å². The molecule has 0 saturated carbocycles. The van der Waals surface area contributed by atoms with Crippen molar-refractivity contribution in [2.75, 3.05) is 11.4 Å². The fourth-order valence-electron chi connectivity index (χ4n) is 5.09. The Morgan fingerprint density at radius 3 is 2.46 bits per heavy atom. The van der Waals surface area contributed by atoms with E-state index in [2.05, 4.69) is 22.3 Å². The van der Waals surface area contributed by atoms with E-state index in [1.807, 2.05) is 36.4 Å². The van der Waals surface area contributed by atoms with Gasteiger partial charge in [0.05, 0.1) is 6.04 Å². The Bertz CT molecular complexity index is 1540. The lowest BCUT2D eigenvalue weighted by Crippen LogP contribution is -2.30. The van der Waals surface area contributed by atoms with Gasteiger partial charge in [0.25, 0.3) is 5.91 Å². The Hall–Kier alpha value is -4.52. The molecule has 1 aliphatic rings. The van der Waals surface area contributed by atoms with E-state index in [0.717, 1.165) is 59.5 Å². The maximum absolute atomic E-state index is 13.6. The number of primary amides is 1. The van der Waals surface area contributed by atoms with Crippen molar-refractivity contribution < 1.29 is 18.4 Å². The largest absolute Gasteiger partial charge is 0.367 e. The van der Waals surface area contributed by atoms with Crippen LogP contribution in [0.1, 0.15) is 56.8 Å². The van der Waals surface area contributed by atoms with Crippen LogP contribution in [0.2, 0.25) is 0 Å². The molecule has 39 heavy (non-hydrogen) atoms. The topological polar surface area (TPSA) is 75.4 Å². The number of nitrogens with one attached hydrogen (secondary N) is 1. The zero-order valence-corrected chi connectivity index (χ0v) is 21.6. The molecule has 0 aliphatic carbocycles. The molecule has 0 aromatic heterocycles. The predicted octanol–water partition coefficient (Wildman–Crippen LogP) is 6.17. The molecule has 7 heteroatoms. The zero-order valence-electron chi connectivity index (χ0n) is 21.6. The summed E-state index contributed by atoms with van der Waals surface area (Å²) >= 11 is 0. The third-order valence-electron chi connectivity index (χ3n) is 7.18. The number of carbonyl (C=O) groups excluding carboxylic acids is 2. The molecule has 1 atom stereocenters. The second kappa shape index (κ2) is 11.1. The maximum Gasteiger partial charge on any atom is 0.251 e. The minimum absolute atomic E-state index is 0.265. The van der Waals surface area contributed by atoms with E-state index < -0.39 is 23.6 Å². The second-order valence-electron chi connectivity index (χ2n) is 9.84. The van der Waals surface area contributed by atoms with Crippen LogP contribution in [0.15, 0.2) is 84.9 Å². The number of amides is 2. The third-order valence-corrected chi connectivity index (χ3v) is 7.18. The quantitative estimate of drug-likeness (QED) is 0.303. The molecule has 5 nitrogen and oxygen atoms in total. The van der Waals surface area contributed by atoms with Gasteiger partial charge in [-0.25, -0.2) is 8.78 Å². The highest BCUT2D eigenvalue weighted by molar-refractivity contribution is 5.99. The minimum atomic E-state index is -0.937. The van der Waals surface area contributed by atoms with Crippen molar-refractivity contribution in [3.8, 4) is 11.1 Å². The number of rotatable bonds is 7. The molecule has 1 heterocycles. The first-order valence-corrected chi connectivity index (χ1v) is 12.9. The van der Waals surface area contributed by atoms with Gasteiger partial charge in [0, 0.05) is 29.9 Å². The molecule has 4 aromatic rings. The average Bonchev–Trinajstić information content (AvgIpc) is 2.94. The van der Waals surface area contributed by atoms with Gasteiger partial charge in [-0.3, -0.25) is 9.59 Å². The van der Waals surface area contributed by atoms with E-state index in [0.29, 0.717) is 23.2 Å². The fourth-order valence-corrected chi connectivity index (χ4v) is 5.09. The molecule has 4 aromatic carbocycles. The normalized spacial score (nSPS) is 13.5. The fraction of sp³-hybridized carbons (Fsp3) is 0.188. The molecule has 1 aliphatic heterocycles. The Kier molecular flexibility index (Phi) is 7.41. The number of anilines is 1. The minimum Gasteiger partial charge on any atom is -0.367 e.